The number of hydrogen-bond acceptors (Lipinski definition) is 5. The molecule has 1 aromatic carbocycles. The SMILES string of the molecule is Fc1ccc([C@H]2C[C@H]2c2cnc(-c3ncccn3)nc2)cc1OCC1CC1. The van der Waals surface area contributed by atoms with E-state index in [9.17, 15) is 4.39 Å². The highest BCUT2D eigenvalue weighted by Crippen LogP contribution is 2.54. The molecule has 5 rings (SSSR count). The van der Waals surface area contributed by atoms with Crippen molar-refractivity contribution in [3.8, 4) is 17.4 Å². The smallest absolute Gasteiger partial charge is 0.197 e. The van der Waals surface area contributed by atoms with Crippen molar-refractivity contribution in [1.29, 1.82) is 0 Å². The van der Waals surface area contributed by atoms with E-state index in [2.05, 4.69) is 19.9 Å². The van der Waals surface area contributed by atoms with Crippen molar-refractivity contribution in [3.05, 3.63) is 66.0 Å². The Morgan fingerprint density at radius 2 is 1.63 bits per heavy atom. The maximum absolute atomic E-state index is 14.0. The first-order valence-corrected chi connectivity index (χ1v) is 9.29. The lowest BCUT2D eigenvalue weighted by molar-refractivity contribution is 0.285. The zero-order valence-electron chi connectivity index (χ0n) is 14.8. The topological polar surface area (TPSA) is 60.8 Å². The second-order valence-electron chi connectivity index (χ2n) is 7.31. The number of nitrogens with zero attached hydrogens (tertiary/aromatic N) is 4. The third-order valence-corrected chi connectivity index (χ3v) is 5.21. The molecule has 2 heterocycles. The lowest BCUT2D eigenvalue weighted by Crippen LogP contribution is -2.01. The van der Waals surface area contributed by atoms with E-state index in [-0.39, 0.29) is 5.82 Å². The van der Waals surface area contributed by atoms with Crippen LogP contribution in [0.15, 0.2) is 49.1 Å². The van der Waals surface area contributed by atoms with Gasteiger partial charge in [0.05, 0.1) is 6.61 Å². The van der Waals surface area contributed by atoms with Crippen LogP contribution in [0.4, 0.5) is 4.39 Å². The summed E-state index contributed by atoms with van der Waals surface area (Å²) >= 11 is 0. The van der Waals surface area contributed by atoms with Crippen molar-refractivity contribution in [2.75, 3.05) is 6.61 Å². The van der Waals surface area contributed by atoms with Crippen LogP contribution in [0, 0.1) is 11.7 Å². The standard InChI is InChI=1S/C21H19FN4O/c22-18-5-4-14(8-19(18)27-12-13-2-3-13)16-9-17(16)15-10-25-21(26-11-15)20-23-6-1-7-24-20/h1,4-8,10-11,13,16-17H,2-3,9,12H2/t16-,17+/m1/s1. The molecular formula is C21H19FN4O. The second-order valence-corrected chi connectivity index (χ2v) is 7.31. The molecule has 6 heteroatoms. The molecule has 27 heavy (non-hydrogen) atoms. The quantitative estimate of drug-likeness (QED) is 0.660. The molecule has 3 aromatic rings. The average molecular weight is 362 g/mol. The van der Waals surface area contributed by atoms with Gasteiger partial charge in [-0.1, -0.05) is 6.07 Å². The van der Waals surface area contributed by atoms with Crippen molar-refractivity contribution in [2.45, 2.75) is 31.1 Å². The van der Waals surface area contributed by atoms with E-state index in [1.165, 1.54) is 18.9 Å². The largest absolute Gasteiger partial charge is 0.490 e. The van der Waals surface area contributed by atoms with E-state index in [4.69, 9.17) is 4.74 Å². The van der Waals surface area contributed by atoms with E-state index in [0.29, 0.717) is 41.8 Å². The molecule has 136 valence electrons. The highest BCUT2D eigenvalue weighted by Gasteiger charge is 2.40. The summed E-state index contributed by atoms with van der Waals surface area (Å²) in [6, 6.07) is 6.99. The lowest BCUT2D eigenvalue weighted by atomic mass is 10.1. The van der Waals surface area contributed by atoms with Crippen LogP contribution in [0.5, 0.6) is 5.75 Å². The molecule has 0 spiro atoms. The van der Waals surface area contributed by atoms with E-state index < -0.39 is 0 Å². The Morgan fingerprint density at radius 1 is 0.926 bits per heavy atom. The van der Waals surface area contributed by atoms with Crippen LogP contribution in [0.2, 0.25) is 0 Å². The minimum absolute atomic E-state index is 0.285. The summed E-state index contributed by atoms with van der Waals surface area (Å²) in [5, 5.41) is 0. The first kappa shape index (κ1) is 16.3. The van der Waals surface area contributed by atoms with Crippen molar-refractivity contribution < 1.29 is 9.13 Å². The van der Waals surface area contributed by atoms with E-state index in [1.807, 2.05) is 24.5 Å². The van der Waals surface area contributed by atoms with Gasteiger partial charge in [0.1, 0.15) is 0 Å². The van der Waals surface area contributed by atoms with Gasteiger partial charge in [-0.2, -0.15) is 0 Å². The van der Waals surface area contributed by atoms with Gasteiger partial charge in [0.2, 0.25) is 0 Å². The van der Waals surface area contributed by atoms with Crippen molar-refractivity contribution in [1.82, 2.24) is 19.9 Å². The summed E-state index contributed by atoms with van der Waals surface area (Å²) in [6.45, 7) is 0.616. The molecule has 0 saturated heterocycles. The van der Waals surface area contributed by atoms with E-state index >= 15 is 0 Å². The fourth-order valence-electron chi connectivity index (χ4n) is 3.34. The first-order valence-electron chi connectivity index (χ1n) is 9.29. The Morgan fingerprint density at radius 3 is 2.37 bits per heavy atom. The van der Waals surface area contributed by atoms with Gasteiger partial charge < -0.3 is 4.74 Å². The van der Waals surface area contributed by atoms with Crippen molar-refractivity contribution >= 4 is 0 Å². The van der Waals surface area contributed by atoms with Gasteiger partial charge in [0.15, 0.2) is 23.2 Å². The molecule has 5 nitrogen and oxygen atoms in total. The van der Waals surface area contributed by atoms with Crippen LogP contribution in [-0.4, -0.2) is 26.5 Å². The predicted octanol–water partition coefficient (Wildman–Crippen LogP) is 4.13. The molecule has 0 bridgehead atoms. The molecule has 2 aromatic heterocycles. The van der Waals surface area contributed by atoms with Crippen LogP contribution >= 0.6 is 0 Å². The number of rotatable bonds is 6. The molecule has 2 saturated carbocycles. The third kappa shape index (κ3) is 3.52. The Hall–Kier alpha value is -2.89. The normalized spacial score (nSPS) is 21.1. The first-order chi connectivity index (χ1) is 13.3. The molecule has 0 N–H and O–H groups in total. The Bertz CT molecular complexity index is 944. The molecule has 2 fully saturated rings. The van der Waals surface area contributed by atoms with E-state index in [0.717, 1.165) is 17.5 Å². The highest BCUT2D eigenvalue weighted by molar-refractivity contribution is 5.44. The zero-order valence-corrected chi connectivity index (χ0v) is 14.8. The van der Waals surface area contributed by atoms with Crippen LogP contribution in [0.3, 0.4) is 0 Å². The highest BCUT2D eigenvalue weighted by atomic mass is 19.1. The number of hydrogen-bond donors (Lipinski definition) is 0. The summed E-state index contributed by atoms with van der Waals surface area (Å²) in [5.74, 6) is 2.45. The van der Waals surface area contributed by atoms with Gasteiger partial charge in [-0.05, 0) is 66.3 Å². The van der Waals surface area contributed by atoms with Gasteiger partial charge in [-0.25, -0.2) is 24.3 Å². The summed E-state index contributed by atoms with van der Waals surface area (Å²) in [4.78, 5) is 17.1. The Balaban J connectivity index is 1.29. The van der Waals surface area contributed by atoms with Gasteiger partial charge in [-0.15, -0.1) is 0 Å². The fraction of sp³-hybridized carbons (Fsp3) is 0.333. The Labute approximate surface area is 156 Å². The zero-order chi connectivity index (χ0) is 18.2. The second kappa shape index (κ2) is 6.68. The minimum atomic E-state index is -0.285. The number of halogens is 1. The lowest BCUT2D eigenvalue weighted by Gasteiger charge is -2.09. The molecule has 2 aliphatic rings. The van der Waals surface area contributed by atoms with E-state index in [1.54, 1.807) is 18.5 Å². The molecule has 0 unspecified atom stereocenters. The molecular weight excluding hydrogens is 343 g/mol. The van der Waals surface area contributed by atoms with Crippen LogP contribution in [-0.2, 0) is 0 Å². The number of aromatic nitrogens is 4. The molecule has 2 atom stereocenters. The maximum atomic E-state index is 14.0. The van der Waals surface area contributed by atoms with Crippen LogP contribution in [0.25, 0.3) is 11.6 Å². The summed E-state index contributed by atoms with van der Waals surface area (Å²) in [6.07, 6.45) is 10.4. The van der Waals surface area contributed by atoms with Gasteiger partial charge in [0.25, 0.3) is 0 Å². The Kier molecular flexibility index (Phi) is 4.03. The fourth-order valence-corrected chi connectivity index (χ4v) is 3.34. The van der Waals surface area contributed by atoms with Crippen LogP contribution < -0.4 is 4.74 Å². The summed E-state index contributed by atoms with van der Waals surface area (Å²) in [5.41, 5.74) is 2.20. The average Bonchev–Trinajstić information content (AvgIpc) is 3.63. The predicted molar refractivity (Wildman–Crippen MR) is 97.8 cm³/mol. The van der Waals surface area contributed by atoms with Crippen molar-refractivity contribution in [3.63, 3.8) is 0 Å². The molecule has 2 aliphatic carbocycles. The third-order valence-electron chi connectivity index (χ3n) is 5.21. The summed E-state index contributed by atoms with van der Waals surface area (Å²) in [7, 11) is 0. The number of ether oxygens (including phenoxy) is 1. The molecule has 0 amide bonds. The maximum Gasteiger partial charge on any atom is 0.197 e. The monoisotopic (exact) mass is 362 g/mol. The van der Waals surface area contributed by atoms with Gasteiger partial charge in [0, 0.05) is 24.8 Å². The van der Waals surface area contributed by atoms with Gasteiger partial charge >= 0.3 is 0 Å². The van der Waals surface area contributed by atoms with Crippen molar-refractivity contribution in [2.24, 2.45) is 5.92 Å². The molecule has 0 radical (unpaired) electrons. The number of benzene rings is 1. The van der Waals surface area contributed by atoms with Gasteiger partial charge in [-0.3, -0.25) is 0 Å². The van der Waals surface area contributed by atoms with Crippen LogP contribution in [0.1, 0.15) is 42.2 Å². The minimum Gasteiger partial charge on any atom is -0.490 e. The summed E-state index contributed by atoms with van der Waals surface area (Å²) < 4.78 is 19.7. The molecule has 0 aliphatic heterocycles.